The molecule has 3 amide bonds. The summed E-state index contributed by atoms with van der Waals surface area (Å²) in [5.74, 6) is -1.86. The van der Waals surface area contributed by atoms with Crippen LogP contribution >= 0.6 is 0 Å². The molecule has 3 heterocycles. The maximum atomic E-state index is 14.4. The molecule has 1 spiro atoms. The Morgan fingerprint density at radius 3 is 2.40 bits per heavy atom. The molecule has 8 nitrogen and oxygen atoms in total. The minimum atomic E-state index is -1.05. The maximum Gasteiger partial charge on any atom is 0.248 e. The minimum Gasteiger partial charge on any atom is -0.396 e. The monoisotopic (exact) mass is 579 g/mol. The smallest absolute Gasteiger partial charge is 0.248 e. The first kappa shape index (κ1) is 32.0. The lowest BCUT2D eigenvalue weighted by molar-refractivity contribution is -0.151. The lowest BCUT2D eigenvalue weighted by Crippen LogP contribution is -2.56. The van der Waals surface area contributed by atoms with Gasteiger partial charge in [-0.15, -0.1) is 13.2 Å². The molecule has 4 rings (SSSR count). The predicted molar refractivity (Wildman–Crippen MR) is 165 cm³/mol. The van der Waals surface area contributed by atoms with E-state index in [1.54, 1.807) is 22.0 Å². The molecular formula is C34H49N3O5. The number of amides is 3. The maximum absolute atomic E-state index is 14.4. The lowest BCUT2D eigenvalue weighted by Gasteiger charge is -2.37. The van der Waals surface area contributed by atoms with Crippen LogP contribution in [0, 0.1) is 11.8 Å². The van der Waals surface area contributed by atoms with Crippen molar-refractivity contribution in [2.45, 2.75) is 88.9 Å². The van der Waals surface area contributed by atoms with Crippen LogP contribution in [0.3, 0.4) is 0 Å². The molecule has 1 aromatic rings. The topological polar surface area (TPSA) is 90.4 Å². The Morgan fingerprint density at radius 2 is 1.74 bits per heavy atom. The van der Waals surface area contributed by atoms with Crippen molar-refractivity contribution >= 4 is 23.4 Å². The van der Waals surface area contributed by atoms with E-state index >= 15 is 0 Å². The van der Waals surface area contributed by atoms with Gasteiger partial charge in [0.15, 0.2) is 0 Å². The van der Waals surface area contributed by atoms with Gasteiger partial charge in [-0.25, -0.2) is 0 Å². The summed E-state index contributed by atoms with van der Waals surface area (Å²) in [6, 6.07) is 8.68. The number of anilines is 1. The van der Waals surface area contributed by atoms with Crippen LogP contribution in [0.1, 0.15) is 71.6 Å². The van der Waals surface area contributed by atoms with E-state index < -0.39 is 29.1 Å². The number of fused-ring (bicyclic) bond motifs is 1. The van der Waals surface area contributed by atoms with Gasteiger partial charge in [-0.1, -0.05) is 63.0 Å². The second kappa shape index (κ2) is 14.0. The molecule has 2 unspecified atom stereocenters. The molecule has 8 heteroatoms. The third-order valence-corrected chi connectivity index (χ3v) is 9.42. The molecule has 0 radical (unpaired) electrons. The highest BCUT2D eigenvalue weighted by molar-refractivity contribution is 6.03. The summed E-state index contributed by atoms with van der Waals surface area (Å²) in [6.07, 6.45) is 10.7. The molecule has 42 heavy (non-hydrogen) atoms. The molecule has 3 fully saturated rings. The van der Waals surface area contributed by atoms with Crippen LogP contribution < -0.4 is 4.90 Å². The van der Waals surface area contributed by atoms with E-state index in [9.17, 15) is 19.5 Å². The molecule has 5 atom stereocenters. The second-order valence-electron chi connectivity index (χ2n) is 12.3. The average molecular weight is 580 g/mol. The summed E-state index contributed by atoms with van der Waals surface area (Å²) in [7, 11) is 0. The van der Waals surface area contributed by atoms with Crippen molar-refractivity contribution in [3.8, 4) is 0 Å². The van der Waals surface area contributed by atoms with Crippen LogP contribution in [-0.4, -0.2) is 82.7 Å². The molecule has 1 aromatic carbocycles. The van der Waals surface area contributed by atoms with E-state index in [0.29, 0.717) is 45.4 Å². The molecule has 3 aliphatic heterocycles. The average Bonchev–Trinajstić information content (AvgIpc) is 3.55. The molecule has 1 N–H and O–H groups in total. The number of carbonyl (C=O) groups is 3. The van der Waals surface area contributed by atoms with Gasteiger partial charge in [-0.05, 0) is 51.2 Å². The highest BCUT2D eigenvalue weighted by Crippen LogP contribution is 2.63. The Hall–Kier alpha value is -2.97. The number of hydrogen-bond acceptors (Lipinski definition) is 5. The molecule has 0 aliphatic carbocycles. The number of unbranched alkanes of at least 4 members (excludes halogenated alkanes) is 5. The minimum absolute atomic E-state index is 0.111. The van der Waals surface area contributed by atoms with E-state index in [0.717, 1.165) is 44.2 Å². The Kier molecular flexibility index (Phi) is 10.7. The summed E-state index contributed by atoms with van der Waals surface area (Å²) in [5.41, 5.74) is -1.15. The lowest BCUT2D eigenvalue weighted by atomic mass is 9.66. The third kappa shape index (κ3) is 5.93. The van der Waals surface area contributed by atoms with Gasteiger partial charge in [-0.3, -0.25) is 14.4 Å². The first-order valence-corrected chi connectivity index (χ1v) is 15.8. The summed E-state index contributed by atoms with van der Waals surface area (Å²) >= 11 is 0. The molecule has 3 aliphatic rings. The number of aliphatic hydroxyl groups is 1. The zero-order valence-electron chi connectivity index (χ0n) is 25.5. The first-order valence-electron chi connectivity index (χ1n) is 15.8. The van der Waals surface area contributed by atoms with Gasteiger partial charge in [0.05, 0.1) is 17.4 Å². The van der Waals surface area contributed by atoms with Crippen LogP contribution in [0.4, 0.5) is 5.69 Å². The Labute approximate surface area is 251 Å². The Bertz CT molecular complexity index is 1130. The van der Waals surface area contributed by atoms with Crippen molar-refractivity contribution in [3.05, 3.63) is 55.6 Å². The van der Waals surface area contributed by atoms with Crippen molar-refractivity contribution in [2.24, 2.45) is 11.8 Å². The number of aliphatic hydroxyl groups excluding tert-OH is 1. The molecule has 3 saturated heterocycles. The number of hydrogen-bond donors (Lipinski definition) is 1. The number of carbonyl (C=O) groups excluding carboxylic acids is 3. The van der Waals surface area contributed by atoms with E-state index in [1.165, 1.54) is 0 Å². The summed E-state index contributed by atoms with van der Waals surface area (Å²) in [5, 5.41) is 9.20. The Balaban J connectivity index is 1.71. The number of nitrogens with zero attached hydrogens (tertiary/aromatic N) is 3. The zero-order chi connectivity index (χ0) is 30.3. The van der Waals surface area contributed by atoms with Crippen molar-refractivity contribution in [2.75, 3.05) is 37.7 Å². The fraction of sp³-hybridized carbons (Fsp3) is 0.618. The number of likely N-dealkylation sites (tertiary alicyclic amines) is 1. The summed E-state index contributed by atoms with van der Waals surface area (Å²) in [4.78, 5) is 48.6. The van der Waals surface area contributed by atoms with Gasteiger partial charge in [0, 0.05) is 38.5 Å². The highest BCUT2D eigenvalue weighted by Gasteiger charge is 2.78. The predicted octanol–water partition coefficient (Wildman–Crippen LogP) is 4.73. The van der Waals surface area contributed by atoms with Crippen LogP contribution in [-0.2, 0) is 19.1 Å². The van der Waals surface area contributed by atoms with Crippen molar-refractivity contribution < 1.29 is 24.2 Å². The van der Waals surface area contributed by atoms with Gasteiger partial charge in [-0.2, -0.15) is 0 Å². The van der Waals surface area contributed by atoms with Gasteiger partial charge < -0.3 is 24.5 Å². The van der Waals surface area contributed by atoms with E-state index in [4.69, 9.17) is 4.74 Å². The number of para-hydroxylation sites is 1. The normalized spacial score (nSPS) is 27.6. The quantitative estimate of drug-likeness (QED) is 0.213. The van der Waals surface area contributed by atoms with Crippen LogP contribution in [0.15, 0.2) is 55.6 Å². The summed E-state index contributed by atoms with van der Waals surface area (Å²) < 4.78 is 6.86. The van der Waals surface area contributed by atoms with Gasteiger partial charge in [0.1, 0.15) is 11.6 Å². The van der Waals surface area contributed by atoms with Crippen LogP contribution in [0.25, 0.3) is 0 Å². The molecule has 2 bridgehead atoms. The molecule has 230 valence electrons. The van der Waals surface area contributed by atoms with Gasteiger partial charge >= 0.3 is 0 Å². The van der Waals surface area contributed by atoms with Gasteiger partial charge in [0.25, 0.3) is 0 Å². The van der Waals surface area contributed by atoms with Crippen molar-refractivity contribution in [3.63, 3.8) is 0 Å². The largest absolute Gasteiger partial charge is 0.396 e. The highest BCUT2D eigenvalue weighted by atomic mass is 16.5. The van der Waals surface area contributed by atoms with E-state index in [1.807, 2.05) is 42.2 Å². The summed E-state index contributed by atoms with van der Waals surface area (Å²) in [6.45, 7) is 13.7. The van der Waals surface area contributed by atoms with Crippen molar-refractivity contribution in [1.29, 1.82) is 0 Å². The molecular weight excluding hydrogens is 530 g/mol. The number of ether oxygens (including phenoxy) is 1. The molecule has 0 saturated carbocycles. The van der Waals surface area contributed by atoms with Crippen LogP contribution in [0.5, 0.6) is 0 Å². The fourth-order valence-electron chi connectivity index (χ4n) is 7.47. The number of rotatable bonds is 17. The fourth-order valence-corrected chi connectivity index (χ4v) is 7.47. The Morgan fingerprint density at radius 1 is 1.02 bits per heavy atom. The van der Waals surface area contributed by atoms with Gasteiger partial charge in [0.2, 0.25) is 17.7 Å². The first-order chi connectivity index (χ1) is 20.3. The SMILES string of the molecule is C=CCN(CCCCC)C(=O)C1N(CCCCCCO)C(=O)[C@@H]2[C@@H](C(=O)N(CC=C)c3ccccc3)[C@@]3(C)CCC12O3. The third-order valence-electron chi connectivity index (χ3n) is 9.42. The van der Waals surface area contributed by atoms with Crippen molar-refractivity contribution in [1.82, 2.24) is 9.80 Å². The van der Waals surface area contributed by atoms with E-state index in [-0.39, 0.29) is 24.3 Å². The zero-order valence-corrected chi connectivity index (χ0v) is 25.5. The van der Waals surface area contributed by atoms with E-state index in [2.05, 4.69) is 20.1 Å². The second-order valence-corrected chi connectivity index (χ2v) is 12.3. The number of benzene rings is 1. The molecule has 0 aromatic heterocycles. The standard InChI is InChI=1S/C34H49N3O5/c1-5-8-14-23-35(21-6-2)32(41)29-34-20-19-33(4,42-34)27(28(34)31(40)37(29)24-15-9-10-16-25-38)30(39)36(22-7-3)26-17-12-11-13-18-26/h6-7,11-13,17-18,27-29,38H,2-3,5,8-10,14-16,19-25H2,1,4H3/t27-,28-,29?,33+,34?/m0/s1. The van der Waals surface area contributed by atoms with Crippen LogP contribution in [0.2, 0.25) is 0 Å².